The molecule has 2 aromatic rings. The molecule has 7 nitrogen and oxygen atoms in total. The Bertz CT molecular complexity index is 813. The van der Waals surface area contributed by atoms with Crippen LogP contribution >= 0.6 is 0 Å². The van der Waals surface area contributed by atoms with Crippen LogP contribution in [0, 0.1) is 5.92 Å². The molecule has 2 aliphatic heterocycles. The van der Waals surface area contributed by atoms with E-state index in [9.17, 15) is 9.82 Å². The summed E-state index contributed by atoms with van der Waals surface area (Å²) in [7, 11) is -0.978. The van der Waals surface area contributed by atoms with Crippen molar-refractivity contribution in [2.24, 2.45) is 5.92 Å². The fourth-order valence-electron chi connectivity index (χ4n) is 3.30. The predicted octanol–water partition coefficient (Wildman–Crippen LogP) is 1.41. The van der Waals surface area contributed by atoms with Gasteiger partial charge in [0.05, 0.1) is 6.20 Å². The van der Waals surface area contributed by atoms with Crippen molar-refractivity contribution in [1.29, 1.82) is 0 Å². The van der Waals surface area contributed by atoms with E-state index < -0.39 is 7.12 Å². The van der Waals surface area contributed by atoms with Crippen LogP contribution in [0.25, 0.3) is 16.6 Å². The van der Waals surface area contributed by atoms with E-state index >= 15 is 0 Å². The van der Waals surface area contributed by atoms with Gasteiger partial charge in [0.25, 0.3) is 0 Å². The van der Waals surface area contributed by atoms with Crippen LogP contribution in [0.5, 0.6) is 5.75 Å². The third-order valence-corrected chi connectivity index (χ3v) is 4.55. The van der Waals surface area contributed by atoms with E-state index in [-0.39, 0.29) is 11.9 Å². The molecule has 0 unspecified atom stereocenters. The largest absolute Gasteiger partial charge is 0.552 e. The molecule has 2 aromatic heterocycles. The minimum Gasteiger partial charge on any atom is -0.531 e. The van der Waals surface area contributed by atoms with Gasteiger partial charge in [0, 0.05) is 42.7 Å². The number of fused-ring (bicyclic) bond motifs is 3. The van der Waals surface area contributed by atoms with E-state index in [1.165, 1.54) is 0 Å². The van der Waals surface area contributed by atoms with Gasteiger partial charge in [0.2, 0.25) is 0 Å². The van der Waals surface area contributed by atoms with Crippen LogP contribution in [-0.2, 0) is 0 Å². The van der Waals surface area contributed by atoms with E-state index in [1.807, 2.05) is 19.2 Å². The van der Waals surface area contributed by atoms with Crippen LogP contribution in [0.2, 0.25) is 0 Å². The van der Waals surface area contributed by atoms with Gasteiger partial charge < -0.3 is 24.9 Å². The summed E-state index contributed by atoms with van der Waals surface area (Å²) in [6.45, 7) is 4.00. The molecule has 2 amide bonds. The van der Waals surface area contributed by atoms with Crippen LogP contribution in [0.1, 0.15) is 18.9 Å². The van der Waals surface area contributed by atoms with Crippen LogP contribution in [-0.4, -0.2) is 52.7 Å². The van der Waals surface area contributed by atoms with Crippen LogP contribution in [0.3, 0.4) is 0 Å². The normalized spacial score (nSPS) is 17.2. The van der Waals surface area contributed by atoms with Crippen LogP contribution in [0.15, 0.2) is 24.4 Å². The van der Waals surface area contributed by atoms with Crippen molar-refractivity contribution in [1.82, 2.24) is 20.2 Å². The maximum Gasteiger partial charge on any atom is 0.552 e. The highest BCUT2D eigenvalue weighted by molar-refractivity contribution is 6.52. The van der Waals surface area contributed by atoms with Crippen LogP contribution < -0.4 is 9.97 Å². The lowest BCUT2D eigenvalue weighted by Gasteiger charge is -2.41. The second-order valence-electron chi connectivity index (χ2n) is 6.20. The number of urea groups is 1. The van der Waals surface area contributed by atoms with Crippen molar-refractivity contribution in [3.05, 3.63) is 30.0 Å². The van der Waals surface area contributed by atoms with Crippen molar-refractivity contribution in [3.63, 3.8) is 0 Å². The fraction of sp³-hybridized carbons (Fsp3) is 0.375. The molecule has 0 spiro atoms. The standard InChI is InChI=1S/C16H19BN4O3/c1-2-4-19-16(22)21-8-10(9-21)12-6-17(23)24-13-7-20-15-11(14(12)13)3-5-18-15/h3,5-7,10,23H,2,4,8-9H2,1H3,(H,18,20)(H,19,22). The van der Waals surface area contributed by atoms with Gasteiger partial charge in [-0.25, -0.2) is 9.78 Å². The molecular formula is C16H19BN4O3. The highest BCUT2D eigenvalue weighted by Gasteiger charge is 2.38. The molecule has 124 valence electrons. The zero-order valence-corrected chi connectivity index (χ0v) is 13.5. The molecule has 24 heavy (non-hydrogen) atoms. The second-order valence-corrected chi connectivity index (χ2v) is 6.20. The minimum atomic E-state index is -0.978. The molecule has 4 rings (SSSR count). The lowest BCUT2D eigenvalue weighted by Crippen LogP contribution is -2.54. The summed E-state index contributed by atoms with van der Waals surface area (Å²) >= 11 is 0. The van der Waals surface area contributed by atoms with Gasteiger partial charge in [-0.1, -0.05) is 6.92 Å². The number of amides is 2. The number of aromatic nitrogens is 2. The first kappa shape index (κ1) is 15.1. The molecule has 3 N–H and O–H groups in total. The number of pyridine rings is 1. The quantitative estimate of drug-likeness (QED) is 0.744. The van der Waals surface area contributed by atoms with Gasteiger partial charge in [-0.05, 0) is 24.0 Å². The summed E-state index contributed by atoms with van der Waals surface area (Å²) < 4.78 is 5.50. The molecular weight excluding hydrogens is 307 g/mol. The first-order valence-electron chi connectivity index (χ1n) is 8.23. The topological polar surface area (TPSA) is 90.5 Å². The first-order chi connectivity index (χ1) is 11.7. The summed E-state index contributed by atoms with van der Waals surface area (Å²) in [6, 6.07) is 1.93. The molecule has 0 aliphatic carbocycles. The van der Waals surface area contributed by atoms with E-state index in [1.54, 1.807) is 17.1 Å². The average molecular weight is 326 g/mol. The molecule has 0 aromatic carbocycles. The molecule has 4 heterocycles. The molecule has 1 saturated heterocycles. The highest BCUT2D eigenvalue weighted by atomic mass is 16.5. The number of carbonyl (C=O) groups is 1. The second kappa shape index (κ2) is 5.87. The Morgan fingerprint density at radius 3 is 3.21 bits per heavy atom. The van der Waals surface area contributed by atoms with Gasteiger partial charge in [0.1, 0.15) is 11.4 Å². The maximum atomic E-state index is 12.0. The van der Waals surface area contributed by atoms with Crippen molar-refractivity contribution in [3.8, 4) is 5.75 Å². The fourth-order valence-corrected chi connectivity index (χ4v) is 3.30. The summed E-state index contributed by atoms with van der Waals surface area (Å²) in [4.78, 5) is 21.2. The summed E-state index contributed by atoms with van der Waals surface area (Å²) in [5.74, 6) is 2.51. The summed E-state index contributed by atoms with van der Waals surface area (Å²) in [5, 5.41) is 13.8. The third-order valence-electron chi connectivity index (χ3n) is 4.55. The number of likely N-dealkylation sites (tertiary alicyclic amines) is 1. The molecule has 8 heteroatoms. The number of carbonyl (C=O) groups excluding carboxylic acids is 1. The molecule has 0 atom stereocenters. The predicted molar refractivity (Wildman–Crippen MR) is 91.4 cm³/mol. The maximum absolute atomic E-state index is 12.0. The summed E-state index contributed by atoms with van der Waals surface area (Å²) in [5.41, 5.74) is 2.77. The number of nitrogens with one attached hydrogen (secondary N) is 2. The van der Waals surface area contributed by atoms with E-state index in [0.29, 0.717) is 25.4 Å². The van der Waals surface area contributed by atoms with Crippen LogP contribution in [0.4, 0.5) is 4.79 Å². The SMILES string of the molecule is CCCNC(=O)N1CC(C2=CB(O)Oc3cnc4[nH]ccc4c32)C1. The molecule has 0 saturated carbocycles. The molecule has 0 radical (unpaired) electrons. The van der Waals surface area contributed by atoms with Crippen molar-refractivity contribution < 1.29 is 14.5 Å². The number of hydrogen-bond acceptors (Lipinski definition) is 4. The Balaban J connectivity index is 1.59. The Hall–Kier alpha value is -2.48. The van der Waals surface area contributed by atoms with Crippen molar-refractivity contribution >= 4 is 29.8 Å². The minimum absolute atomic E-state index is 0.0250. The van der Waals surface area contributed by atoms with Gasteiger partial charge in [0.15, 0.2) is 0 Å². The van der Waals surface area contributed by atoms with E-state index in [2.05, 4.69) is 15.3 Å². The smallest absolute Gasteiger partial charge is 0.531 e. The van der Waals surface area contributed by atoms with Gasteiger partial charge in [-0.15, -0.1) is 0 Å². The third kappa shape index (κ3) is 2.43. The Kier molecular flexibility index (Phi) is 3.68. The number of hydrogen-bond donors (Lipinski definition) is 3. The lowest BCUT2D eigenvalue weighted by atomic mass is 9.75. The monoisotopic (exact) mass is 326 g/mol. The van der Waals surface area contributed by atoms with Crippen molar-refractivity contribution in [2.75, 3.05) is 19.6 Å². The van der Waals surface area contributed by atoms with Gasteiger partial charge in [-0.2, -0.15) is 0 Å². The molecule has 0 bridgehead atoms. The number of H-pyrrole nitrogens is 1. The van der Waals surface area contributed by atoms with Gasteiger partial charge >= 0.3 is 13.1 Å². The number of aromatic amines is 1. The van der Waals surface area contributed by atoms with Gasteiger partial charge in [-0.3, -0.25) is 0 Å². The highest BCUT2D eigenvalue weighted by Crippen LogP contribution is 2.41. The Morgan fingerprint density at radius 2 is 2.42 bits per heavy atom. The van der Waals surface area contributed by atoms with E-state index in [0.717, 1.165) is 28.6 Å². The first-order valence-corrected chi connectivity index (χ1v) is 8.23. The summed E-state index contributed by atoms with van der Waals surface area (Å²) in [6.07, 6.45) is 4.39. The Morgan fingerprint density at radius 1 is 1.58 bits per heavy atom. The molecule has 2 aliphatic rings. The van der Waals surface area contributed by atoms with E-state index in [4.69, 9.17) is 4.65 Å². The Labute approximate surface area is 139 Å². The average Bonchev–Trinajstić information content (AvgIpc) is 2.99. The molecule has 1 fully saturated rings. The lowest BCUT2D eigenvalue weighted by molar-refractivity contribution is 0.145. The number of nitrogens with zero attached hydrogens (tertiary/aromatic N) is 2. The zero-order valence-electron chi connectivity index (χ0n) is 13.5. The van der Waals surface area contributed by atoms with Crippen molar-refractivity contribution in [2.45, 2.75) is 13.3 Å². The number of rotatable bonds is 3. The zero-order chi connectivity index (χ0) is 16.7.